The highest BCUT2D eigenvalue weighted by molar-refractivity contribution is 5.74. The summed E-state index contributed by atoms with van der Waals surface area (Å²) in [6, 6.07) is 7.42. The van der Waals surface area contributed by atoms with Crippen molar-refractivity contribution in [3.8, 4) is 0 Å². The van der Waals surface area contributed by atoms with Gasteiger partial charge in [0.1, 0.15) is 17.7 Å². The van der Waals surface area contributed by atoms with Gasteiger partial charge in [0.2, 0.25) is 0 Å². The molecule has 2 aromatic heterocycles. The van der Waals surface area contributed by atoms with E-state index in [0.29, 0.717) is 26.2 Å². The number of aromatic nitrogens is 1. The minimum Gasteiger partial charge on any atom is -0.467 e. The third kappa shape index (κ3) is 3.68. The summed E-state index contributed by atoms with van der Waals surface area (Å²) < 4.78 is 11.1. The second kappa shape index (κ2) is 7.35. The van der Waals surface area contributed by atoms with E-state index in [4.69, 9.17) is 9.15 Å². The maximum absolute atomic E-state index is 12.5. The zero-order chi connectivity index (χ0) is 16.9. The predicted molar refractivity (Wildman–Crippen MR) is 89.8 cm³/mol. The van der Waals surface area contributed by atoms with Crippen LogP contribution in [0, 0.1) is 0 Å². The van der Waals surface area contributed by atoms with Crippen LogP contribution in [-0.4, -0.2) is 49.7 Å². The van der Waals surface area contributed by atoms with Crippen molar-refractivity contribution in [3.63, 3.8) is 0 Å². The summed E-state index contributed by atoms with van der Waals surface area (Å²) >= 11 is 0. The number of carbonyl (C=O) groups is 1. The molecule has 2 amide bonds. The highest BCUT2D eigenvalue weighted by atomic mass is 16.5. The highest BCUT2D eigenvalue weighted by Crippen LogP contribution is 2.22. The molecule has 1 saturated heterocycles. The Balaban J connectivity index is 1.59. The third-order valence-corrected chi connectivity index (χ3v) is 3.94. The number of urea groups is 1. The van der Waals surface area contributed by atoms with Crippen molar-refractivity contribution in [1.29, 1.82) is 0 Å². The number of rotatable bonds is 4. The molecule has 0 spiro atoms. The maximum atomic E-state index is 12.5. The van der Waals surface area contributed by atoms with Crippen LogP contribution in [0.25, 0.3) is 0 Å². The maximum Gasteiger partial charge on any atom is 0.317 e. The van der Waals surface area contributed by atoms with Crippen molar-refractivity contribution >= 4 is 11.8 Å². The van der Waals surface area contributed by atoms with Crippen LogP contribution in [0.3, 0.4) is 0 Å². The van der Waals surface area contributed by atoms with Gasteiger partial charge in [-0.3, -0.25) is 0 Å². The summed E-state index contributed by atoms with van der Waals surface area (Å²) in [5.41, 5.74) is 0.978. The van der Waals surface area contributed by atoms with Crippen LogP contribution in [0.15, 0.2) is 41.1 Å². The second-order valence-corrected chi connectivity index (χ2v) is 5.86. The SMILES string of the molecule is CN(C)c1ncccc1CNC(=O)N1CCOC(c2ccco2)C1. The number of nitrogens with one attached hydrogen (secondary N) is 1. The molecule has 1 unspecified atom stereocenters. The Morgan fingerprint density at radius 1 is 1.42 bits per heavy atom. The molecule has 128 valence electrons. The molecule has 7 heteroatoms. The van der Waals surface area contributed by atoms with Crippen LogP contribution in [0.1, 0.15) is 17.4 Å². The number of amides is 2. The molecule has 3 rings (SSSR count). The number of hydrogen-bond donors (Lipinski definition) is 1. The van der Waals surface area contributed by atoms with E-state index >= 15 is 0 Å². The largest absolute Gasteiger partial charge is 0.467 e. The van der Waals surface area contributed by atoms with Gasteiger partial charge in [0.05, 0.1) is 19.4 Å². The molecule has 1 aliphatic rings. The quantitative estimate of drug-likeness (QED) is 0.929. The second-order valence-electron chi connectivity index (χ2n) is 5.86. The fourth-order valence-corrected chi connectivity index (χ4v) is 2.73. The number of anilines is 1. The number of carbonyl (C=O) groups excluding carboxylic acids is 1. The van der Waals surface area contributed by atoms with Gasteiger partial charge in [0, 0.05) is 38.9 Å². The summed E-state index contributed by atoms with van der Waals surface area (Å²) in [5, 5.41) is 2.96. The number of nitrogens with zero attached hydrogens (tertiary/aromatic N) is 3. The average molecular weight is 330 g/mol. The van der Waals surface area contributed by atoms with Crippen molar-refractivity contribution in [1.82, 2.24) is 15.2 Å². The Bertz CT molecular complexity index is 672. The van der Waals surface area contributed by atoms with Crippen molar-refractivity contribution in [3.05, 3.63) is 48.0 Å². The number of ether oxygens (including phenoxy) is 1. The van der Waals surface area contributed by atoms with Crippen molar-refractivity contribution in [2.24, 2.45) is 0 Å². The summed E-state index contributed by atoms with van der Waals surface area (Å²) in [4.78, 5) is 20.5. The van der Waals surface area contributed by atoms with Crippen molar-refractivity contribution < 1.29 is 13.9 Å². The molecule has 1 aliphatic heterocycles. The first-order valence-corrected chi connectivity index (χ1v) is 7.94. The smallest absolute Gasteiger partial charge is 0.317 e. The molecule has 24 heavy (non-hydrogen) atoms. The summed E-state index contributed by atoms with van der Waals surface area (Å²) in [5.74, 6) is 1.60. The first-order chi connectivity index (χ1) is 11.6. The lowest BCUT2D eigenvalue weighted by atomic mass is 10.2. The van der Waals surface area contributed by atoms with Gasteiger partial charge in [-0.15, -0.1) is 0 Å². The van der Waals surface area contributed by atoms with Crippen LogP contribution in [0.5, 0.6) is 0 Å². The Kier molecular flexibility index (Phi) is 5.00. The first kappa shape index (κ1) is 16.3. The number of hydrogen-bond acceptors (Lipinski definition) is 5. The molecule has 3 heterocycles. The zero-order valence-electron chi connectivity index (χ0n) is 13.9. The highest BCUT2D eigenvalue weighted by Gasteiger charge is 2.27. The molecule has 0 aromatic carbocycles. The lowest BCUT2D eigenvalue weighted by Gasteiger charge is -2.32. The fourth-order valence-electron chi connectivity index (χ4n) is 2.73. The minimum atomic E-state index is -0.213. The van der Waals surface area contributed by atoms with Crippen LogP contribution in [0.4, 0.5) is 10.6 Å². The van der Waals surface area contributed by atoms with E-state index in [2.05, 4.69) is 10.3 Å². The van der Waals surface area contributed by atoms with Gasteiger partial charge in [0.15, 0.2) is 0 Å². The number of furan rings is 1. The van der Waals surface area contributed by atoms with E-state index in [0.717, 1.165) is 17.1 Å². The Morgan fingerprint density at radius 2 is 2.29 bits per heavy atom. The average Bonchev–Trinajstić information content (AvgIpc) is 3.14. The molecule has 1 fully saturated rings. The van der Waals surface area contributed by atoms with Crippen molar-refractivity contribution in [2.75, 3.05) is 38.7 Å². The Hall–Kier alpha value is -2.54. The predicted octanol–water partition coefficient (Wildman–Crippen LogP) is 2.02. The van der Waals surface area contributed by atoms with E-state index in [9.17, 15) is 4.79 Å². The summed E-state index contributed by atoms with van der Waals surface area (Å²) in [6.07, 6.45) is 3.15. The van der Waals surface area contributed by atoms with Crippen molar-refractivity contribution in [2.45, 2.75) is 12.6 Å². The molecule has 0 aliphatic carbocycles. The molecule has 1 N–H and O–H groups in total. The fraction of sp³-hybridized carbons (Fsp3) is 0.412. The van der Waals surface area contributed by atoms with Gasteiger partial charge in [-0.25, -0.2) is 9.78 Å². The topological polar surface area (TPSA) is 70.8 Å². The van der Waals surface area contributed by atoms with Gasteiger partial charge in [0.25, 0.3) is 0 Å². The molecule has 7 nitrogen and oxygen atoms in total. The minimum absolute atomic E-state index is 0.108. The summed E-state index contributed by atoms with van der Waals surface area (Å²) in [7, 11) is 3.87. The molecular weight excluding hydrogens is 308 g/mol. The van der Waals surface area contributed by atoms with E-state index < -0.39 is 0 Å². The number of pyridine rings is 1. The molecule has 2 aromatic rings. The van der Waals surface area contributed by atoms with E-state index in [-0.39, 0.29) is 12.1 Å². The molecule has 1 atom stereocenters. The summed E-state index contributed by atoms with van der Waals surface area (Å²) in [6.45, 7) is 1.97. The molecule has 0 bridgehead atoms. The standard InChI is InChI=1S/C17H22N4O3/c1-20(2)16-13(5-3-7-18-16)11-19-17(22)21-8-10-24-15(12-21)14-6-4-9-23-14/h3-7,9,15H,8,10-12H2,1-2H3,(H,19,22). The van der Waals surface area contributed by atoms with Gasteiger partial charge < -0.3 is 24.3 Å². The molecular formula is C17H22N4O3. The monoisotopic (exact) mass is 330 g/mol. The lowest BCUT2D eigenvalue weighted by molar-refractivity contribution is -0.0260. The van der Waals surface area contributed by atoms with E-state index in [1.165, 1.54) is 0 Å². The third-order valence-electron chi connectivity index (χ3n) is 3.94. The molecule has 0 radical (unpaired) electrons. The van der Waals surface area contributed by atoms with Gasteiger partial charge in [-0.1, -0.05) is 6.07 Å². The van der Waals surface area contributed by atoms with E-state index in [1.807, 2.05) is 43.3 Å². The first-order valence-electron chi connectivity index (χ1n) is 7.94. The van der Waals surface area contributed by atoms with Crippen LogP contribution in [-0.2, 0) is 11.3 Å². The Labute approximate surface area is 141 Å². The van der Waals surface area contributed by atoms with E-state index in [1.54, 1.807) is 17.4 Å². The Morgan fingerprint density at radius 3 is 3.04 bits per heavy atom. The van der Waals surface area contributed by atoms with Gasteiger partial charge >= 0.3 is 6.03 Å². The zero-order valence-corrected chi connectivity index (χ0v) is 13.9. The molecule has 0 saturated carbocycles. The van der Waals surface area contributed by atoms with Crippen LogP contribution in [0.2, 0.25) is 0 Å². The lowest BCUT2D eigenvalue weighted by Crippen LogP contribution is -2.47. The normalized spacial score (nSPS) is 17.6. The van der Waals surface area contributed by atoms with Gasteiger partial charge in [-0.2, -0.15) is 0 Å². The number of morpholine rings is 1. The van der Waals surface area contributed by atoms with Crippen LogP contribution < -0.4 is 10.2 Å². The van der Waals surface area contributed by atoms with Crippen LogP contribution >= 0.6 is 0 Å². The van der Waals surface area contributed by atoms with Gasteiger partial charge in [-0.05, 0) is 18.2 Å².